The fourth-order valence-corrected chi connectivity index (χ4v) is 2.01. The van der Waals surface area contributed by atoms with Crippen LogP contribution in [0.15, 0.2) is 41.5 Å². The van der Waals surface area contributed by atoms with Crippen LogP contribution in [0.4, 0.5) is 0 Å². The third kappa shape index (κ3) is 2.18. The van der Waals surface area contributed by atoms with Crippen molar-refractivity contribution in [2.45, 2.75) is 0 Å². The van der Waals surface area contributed by atoms with Crippen LogP contribution in [-0.4, -0.2) is 33.7 Å². The van der Waals surface area contributed by atoms with Gasteiger partial charge in [-0.2, -0.15) is 4.98 Å². The van der Waals surface area contributed by atoms with Crippen molar-refractivity contribution in [3.8, 4) is 17.4 Å². The predicted octanol–water partition coefficient (Wildman–Crippen LogP) is 1.19. The lowest BCUT2D eigenvalue weighted by Crippen LogP contribution is -2.22. The van der Waals surface area contributed by atoms with Gasteiger partial charge in [0, 0.05) is 18.5 Å². The molecule has 0 N–H and O–H groups in total. The zero-order chi connectivity index (χ0) is 14.8. The molecule has 0 unspecified atom stereocenters. The fraction of sp³-hybridized carbons (Fsp3) is 0.143. The monoisotopic (exact) mass is 284 g/mol. The van der Waals surface area contributed by atoms with Crippen molar-refractivity contribution in [1.29, 1.82) is 0 Å². The molecule has 0 saturated heterocycles. The molecule has 3 aromatic rings. The summed E-state index contributed by atoms with van der Waals surface area (Å²) < 4.78 is 11.7. The molecule has 106 valence electrons. The number of methoxy groups -OCH3 is 2. The van der Waals surface area contributed by atoms with Crippen LogP contribution in [0.1, 0.15) is 0 Å². The molecule has 0 spiro atoms. The van der Waals surface area contributed by atoms with Gasteiger partial charge >= 0.3 is 6.01 Å². The van der Waals surface area contributed by atoms with Crippen LogP contribution in [0, 0.1) is 0 Å². The van der Waals surface area contributed by atoms with E-state index in [-0.39, 0.29) is 22.7 Å². The number of nitrogens with zero attached hydrogens (tertiary/aromatic N) is 4. The van der Waals surface area contributed by atoms with Crippen LogP contribution in [0.2, 0.25) is 0 Å². The molecule has 0 radical (unpaired) electrons. The number of ether oxygens (including phenoxy) is 2. The molecule has 0 fully saturated rings. The molecule has 0 aliphatic rings. The van der Waals surface area contributed by atoms with Gasteiger partial charge in [0.25, 0.3) is 5.56 Å². The lowest BCUT2D eigenvalue weighted by Gasteiger charge is -2.11. The molecule has 21 heavy (non-hydrogen) atoms. The highest BCUT2D eigenvalue weighted by Gasteiger charge is 2.15. The van der Waals surface area contributed by atoms with Gasteiger partial charge in [-0.3, -0.25) is 4.79 Å². The average molecular weight is 284 g/mol. The normalized spacial score (nSPS) is 10.6. The van der Waals surface area contributed by atoms with Crippen molar-refractivity contribution in [3.63, 3.8) is 0 Å². The molecule has 0 saturated carbocycles. The maximum Gasteiger partial charge on any atom is 0.305 e. The maximum atomic E-state index is 12.6. The molecule has 0 aliphatic carbocycles. The van der Waals surface area contributed by atoms with Gasteiger partial charge in [0.15, 0.2) is 11.2 Å². The van der Waals surface area contributed by atoms with Gasteiger partial charge < -0.3 is 9.47 Å². The Labute approximate surface area is 119 Å². The van der Waals surface area contributed by atoms with Gasteiger partial charge in [-0.15, -0.1) is 0 Å². The lowest BCUT2D eigenvalue weighted by molar-refractivity contribution is 0.367. The van der Waals surface area contributed by atoms with Crippen molar-refractivity contribution in [3.05, 3.63) is 47.0 Å². The first kappa shape index (κ1) is 13.0. The standard InChI is InChI=1S/C14H12N4O3/c1-20-10-5-3-4-9(8-10)18-13(19)11-12(16-7-6-15-11)17-14(18)21-2/h3-8H,1-2H3. The van der Waals surface area contributed by atoms with Gasteiger partial charge in [-0.25, -0.2) is 14.5 Å². The van der Waals surface area contributed by atoms with Gasteiger partial charge in [-0.05, 0) is 12.1 Å². The van der Waals surface area contributed by atoms with Crippen LogP contribution >= 0.6 is 0 Å². The molecule has 2 aromatic heterocycles. The Kier molecular flexibility index (Phi) is 3.23. The van der Waals surface area contributed by atoms with E-state index in [1.165, 1.54) is 24.1 Å². The maximum absolute atomic E-state index is 12.6. The first-order valence-corrected chi connectivity index (χ1v) is 6.17. The predicted molar refractivity (Wildman–Crippen MR) is 76.0 cm³/mol. The second-order valence-electron chi connectivity index (χ2n) is 4.17. The van der Waals surface area contributed by atoms with Gasteiger partial charge in [0.2, 0.25) is 0 Å². The largest absolute Gasteiger partial charge is 0.497 e. The van der Waals surface area contributed by atoms with Gasteiger partial charge in [0.05, 0.1) is 19.9 Å². The summed E-state index contributed by atoms with van der Waals surface area (Å²) in [6.45, 7) is 0. The van der Waals surface area contributed by atoms with Crippen molar-refractivity contribution in [1.82, 2.24) is 19.5 Å². The van der Waals surface area contributed by atoms with Gasteiger partial charge in [-0.1, -0.05) is 6.07 Å². The molecule has 0 aliphatic heterocycles. The van der Waals surface area contributed by atoms with Crippen LogP contribution in [0.3, 0.4) is 0 Å². The van der Waals surface area contributed by atoms with Crippen LogP contribution < -0.4 is 15.0 Å². The summed E-state index contributed by atoms with van der Waals surface area (Å²) in [6.07, 6.45) is 2.93. The smallest absolute Gasteiger partial charge is 0.305 e. The molecule has 2 heterocycles. The van der Waals surface area contributed by atoms with Crippen LogP contribution in [0.25, 0.3) is 16.9 Å². The molecule has 3 rings (SSSR count). The third-order valence-electron chi connectivity index (χ3n) is 2.97. The second kappa shape index (κ2) is 5.20. The summed E-state index contributed by atoms with van der Waals surface area (Å²) in [4.78, 5) is 24.9. The molecule has 7 heteroatoms. The first-order valence-electron chi connectivity index (χ1n) is 6.17. The average Bonchev–Trinajstić information content (AvgIpc) is 2.54. The molecular weight excluding hydrogens is 272 g/mol. The zero-order valence-corrected chi connectivity index (χ0v) is 11.5. The van der Waals surface area contributed by atoms with Crippen LogP contribution in [-0.2, 0) is 0 Å². The third-order valence-corrected chi connectivity index (χ3v) is 2.97. The van der Waals surface area contributed by atoms with Crippen molar-refractivity contribution in [2.24, 2.45) is 0 Å². The highest BCUT2D eigenvalue weighted by molar-refractivity contribution is 5.69. The molecular formula is C14H12N4O3. The number of fused-ring (bicyclic) bond motifs is 1. The Balaban J connectivity index is 2.35. The van der Waals surface area contributed by atoms with E-state index >= 15 is 0 Å². The van der Waals surface area contributed by atoms with E-state index in [9.17, 15) is 4.79 Å². The van der Waals surface area contributed by atoms with Crippen LogP contribution in [0.5, 0.6) is 11.8 Å². The van der Waals surface area contributed by atoms with Crippen molar-refractivity contribution < 1.29 is 9.47 Å². The number of rotatable bonds is 3. The number of hydrogen-bond donors (Lipinski definition) is 0. The summed E-state index contributed by atoms with van der Waals surface area (Å²) in [5.74, 6) is 0.626. The van der Waals surface area contributed by atoms with Crippen molar-refractivity contribution >= 4 is 11.2 Å². The SMILES string of the molecule is COc1cccc(-n2c(OC)nc3nccnc3c2=O)c1. The highest BCUT2D eigenvalue weighted by Crippen LogP contribution is 2.19. The van der Waals surface area contributed by atoms with E-state index in [0.717, 1.165) is 0 Å². The van der Waals surface area contributed by atoms with Crippen molar-refractivity contribution in [2.75, 3.05) is 14.2 Å². The molecule has 0 amide bonds. The zero-order valence-electron chi connectivity index (χ0n) is 11.5. The number of aromatic nitrogens is 4. The van der Waals surface area contributed by atoms with E-state index in [0.29, 0.717) is 11.4 Å². The Bertz CT molecular complexity index is 860. The quantitative estimate of drug-likeness (QED) is 0.719. The number of benzene rings is 1. The molecule has 0 bridgehead atoms. The minimum absolute atomic E-state index is 0.140. The van der Waals surface area contributed by atoms with E-state index in [2.05, 4.69) is 15.0 Å². The van der Waals surface area contributed by atoms with E-state index in [1.807, 2.05) is 0 Å². The lowest BCUT2D eigenvalue weighted by atomic mass is 10.3. The summed E-state index contributed by atoms with van der Waals surface area (Å²) in [6, 6.07) is 7.18. The topological polar surface area (TPSA) is 79.1 Å². The fourth-order valence-electron chi connectivity index (χ4n) is 2.01. The molecule has 7 nitrogen and oxygen atoms in total. The minimum atomic E-state index is -0.349. The Morgan fingerprint density at radius 2 is 1.90 bits per heavy atom. The second-order valence-corrected chi connectivity index (χ2v) is 4.17. The summed E-state index contributed by atoms with van der Waals surface area (Å²) in [7, 11) is 3.00. The number of hydrogen-bond acceptors (Lipinski definition) is 6. The Hall–Kier alpha value is -2.96. The minimum Gasteiger partial charge on any atom is -0.497 e. The summed E-state index contributed by atoms with van der Waals surface area (Å²) >= 11 is 0. The first-order chi connectivity index (χ1) is 10.2. The van der Waals surface area contributed by atoms with E-state index < -0.39 is 0 Å². The van der Waals surface area contributed by atoms with Gasteiger partial charge in [0.1, 0.15) is 5.75 Å². The summed E-state index contributed by atoms with van der Waals surface area (Å²) in [5, 5.41) is 0. The Morgan fingerprint density at radius 1 is 1.10 bits per heavy atom. The van der Waals surface area contributed by atoms with E-state index in [1.54, 1.807) is 31.4 Å². The molecule has 1 aromatic carbocycles. The molecule has 0 atom stereocenters. The highest BCUT2D eigenvalue weighted by atomic mass is 16.5. The van der Waals surface area contributed by atoms with E-state index in [4.69, 9.17) is 9.47 Å². The summed E-state index contributed by atoms with van der Waals surface area (Å²) in [5.41, 5.74) is 0.661. The Morgan fingerprint density at radius 3 is 2.67 bits per heavy atom.